The highest BCUT2D eigenvalue weighted by Gasteiger charge is 2.12. The Kier molecular flexibility index (Phi) is 7.10. The van der Waals surface area contributed by atoms with Gasteiger partial charge in [0.25, 0.3) is 0 Å². The van der Waals surface area contributed by atoms with Gasteiger partial charge in [-0.1, -0.05) is 12.8 Å². The average molecular weight is 328 g/mol. The molecule has 1 fully saturated rings. The fourth-order valence-electron chi connectivity index (χ4n) is 2.50. The number of nitrogens with zero attached hydrogens (tertiary/aromatic N) is 1. The minimum atomic E-state index is 0. The molecule has 19 heavy (non-hydrogen) atoms. The van der Waals surface area contributed by atoms with E-state index in [2.05, 4.69) is 4.90 Å². The zero-order chi connectivity index (χ0) is 12.8. The third-order valence-corrected chi connectivity index (χ3v) is 3.57. The van der Waals surface area contributed by atoms with Crippen LogP contribution in [0.15, 0.2) is 18.2 Å². The van der Waals surface area contributed by atoms with Crippen molar-refractivity contribution in [2.24, 2.45) is 0 Å². The van der Waals surface area contributed by atoms with Crippen LogP contribution >= 0.6 is 17.0 Å². The maximum absolute atomic E-state index is 11.1. The van der Waals surface area contributed by atoms with Crippen molar-refractivity contribution in [2.75, 3.05) is 20.2 Å². The summed E-state index contributed by atoms with van der Waals surface area (Å²) in [5, 5.41) is 0. The van der Waals surface area contributed by atoms with Gasteiger partial charge in [0.15, 0.2) is 0 Å². The minimum Gasteiger partial charge on any atom is -0.497 e. The van der Waals surface area contributed by atoms with Gasteiger partial charge in [-0.2, -0.15) is 0 Å². The second-order valence-corrected chi connectivity index (χ2v) is 4.87. The van der Waals surface area contributed by atoms with Crippen LogP contribution in [0, 0.1) is 0 Å². The quantitative estimate of drug-likeness (QED) is 0.793. The third-order valence-electron chi connectivity index (χ3n) is 3.57. The molecule has 0 bridgehead atoms. The molecule has 3 nitrogen and oxygen atoms in total. The lowest BCUT2D eigenvalue weighted by Gasteiger charge is -2.20. The predicted molar refractivity (Wildman–Crippen MR) is 82.4 cm³/mol. The van der Waals surface area contributed by atoms with E-state index in [1.165, 1.54) is 25.7 Å². The first-order chi connectivity index (χ1) is 8.83. The Labute approximate surface area is 125 Å². The number of carbonyl (C=O) groups is 1. The second kappa shape index (κ2) is 8.33. The van der Waals surface area contributed by atoms with Gasteiger partial charge < -0.3 is 4.74 Å². The highest BCUT2D eigenvalue weighted by atomic mass is 79.9. The van der Waals surface area contributed by atoms with E-state index in [-0.39, 0.29) is 17.0 Å². The lowest BCUT2D eigenvalue weighted by molar-refractivity contribution is 0.112. The number of likely N-dealkylation sites (tertiary alicyclic amines) is 1. The normalized spacial score (nSPS) is 16.3. The number of rotatable bonds is 4. The molecule has 106 valence electrons. The smallest absolute Gasteiger partial charge is 0.150 e. The molecule has 0 atom stereocenters. The van der Waals surface area contributed by atoms with E-state index in [0.717, 1.165) is 42.8 Å². The van der Waals surface area contributed by atoms with Crippen LogP contribution in [-0.4, -0.2) is 31.4 Å². The van der Waals surface area contributed by atoms with Gasteiger partial charge in [0, 0.05) is 12.1 Å². The summed E-state index contributed by atoms with van der Waals surface area (Å²) in [6, 6.07) is 5.67. The molecular formula is C15H22BrNO2. The highest BCUT2D eigenvalue weighted by molar-refractivity contribution is 8.93. The van der Waals surface area contributed by atoms with Gasteiger partial charge in [-0.15, -0.1) is 17.0 Å². The van der Waals surface area contributed by atoms with Crippen molar-refractivity contribution in [3.63, 3.8) is 0 Å². The Hall–Kier alpha value is -0.870. The summed E-state index contributed by atoms with van der Waals surface area (Å²) in [6.07, 6.45) is 6.12. The Bertz CT molecular complexity index is 401. The fraction of sp³-hybridized carbons (Fsp3) is 0.533. The molecule has 0 aromatic heterocycles. The molecule has 4 heteroatoms. The van der Waals surface area contributed by atoms with Crippen LogP contribution in [0.4, 0.5) is 0 Å². The summed E-state index contributed by atoms with van der Waals surface area (Å²) in [6.45, 7) is 3.12. The van der Waals surface area contributed by atoms with Gasteiger partial charge in [0.05, 0.1) is 7.11 Å². The Morgan fingerprint density at radius 3 is 2.47 bits per heavy atom. The maximum Gasteiger partial charge on any atom is 0.150 e. The molecule has 2 rings (SSSR count). The summed E-state index contributed by atoms with van der Waals surface area (Å²) in [5.74, 6) is 0.824. The first-order valence-corrected chi connectivity index (χ1v) is 6.68. The van der Waals surface area contributed by atoms with Crippen LogP contribution in [0.1, 0.15) is 41.6 Å². The molecule has 0 spiro atoms. The standard InChI is InChI=1S/C15H21NO2.BrH/c1-18-15-7-6-13(12-17)14(10-15)11-16-8-4-2-3-5-9-16;/h6-7,10,12H,2-5,8-9,11H2,1H3;1H. The number of hydrogen-bond acceptors (Lipinski definition) is 3. The van der Waals surface area contributed by atoms with Gasteiger partial charge in [0.1, 0.15) is 12.0 Å². The van der Waals surface area contributed by atoms with Crippen LogP contribution in [-0.2, 0) is 6.54 Å². The van der Waals surface area contributed by atoms with Crippen molar-refractivity contribution in [2.45, 2.75) is 32.2 Å². The molecule has 1 aromatic rings. The van der Waals surface area contributed by atoms with Crippen LogP contribution in [0.2, 0.25) is 0 Å². The van der Waals surface area contributed by atoms with Crippen molar-refractivity contribution in [3.8, 4) is 5.75 Å². The number of benzene rings is 1. The van der Waals surface area contributed by atoms with Crippen LogP contribution in [0.25, 0.3) is 0 Å². The second-order valence-electron chi connectivity index (χ2n) is 4.87. The van der Waals surface area contributed by atoms with Crippen molar-refractivity contribution >= 4 is 23.3 Å². The summed E-state index contributed by atoms with van der Waals surface area (Å²) in [5.41, 5.74) is 1.85. The number of methoxy groups -OCH3 is 1. The number of aldehydes is 1. The average Bonchev–Trinajstić information content (AvgIpc) is 2.67. The van der Waals surface area contributed by atoms with Gasteiger partial charge in [-0.3, -0.25) is 9.69 Å². The van der Waals surface area contributed by atoms with Gasteiger partial charge in [-0.05, 0) is 49.7 Å². The van der Waals surface area contributed by atoms with E-state index in [1.54, 1.807) is 7.11 Å². The zero-order valence-electron chi connectivity index (χ0n) is 11.4. The lowest BCUT2D eigenvalue weighted by atomic mass is 10.1. The molecule has 0 amide bonds. The number of halogens is 1. The van der Waals surface area contributed by atoms with E-state index in [4.69, 9.17) is 4.74 Å². The summed E-state index contributed by atoms with van der Waals surface area (Å²) >= 11 is 0. The summed E-state index contributed by atoms with van der Waals surface area (Å²) in [4.78, 5) is 13.5. The lowest BCUT2D eigenvalue weighted by Crippen LogP contribution is -2.24. The molecule has 1 heterocycles. The highest BCUT2D eigenvalue weighted by Crippen LogP contribution is 2.20. The van der Waals surface area contributed by atoms with Crippen molar-refractivity contribution < 1.29 is 9.53 Å². The van der Waals surface area contributed by atoms with Crippen molar-refractivity contribution in [1.29, 1.82) is 0 Å². The van der Waals surface area contributed by atoms with Gasteiger partial charge >= 0.3 is 0 Å². The first kappa shape index (κ1) is 16.2. The molecule has 1 aromatic carbocycles. The minimum absolute atomic E-state index is 0. The molecule has 0 N–H and O–H groups in total. The van der Waals surface area contributed by atoms with Crippen LogP contribution in [0.5, 0.6) is 5.75 Å². The largest absolute Gasteiger partial charge is 0.497 e. The molecule has 0 saturated carbocycles. The molecule has 1 aliphatic heterocycles. The van der Waals surface area contributed by atoms with E-state index >= 15 is 0 Å². The van der Waals surface area contributed by atoms with Crippen LogP contribution in [0.3, 0.4) is 0 Å². The molecule has 1 aliphatic rings. The van der Waals surface area contributed by atoms with E-state index in [1.807, 2.05) is 18.2 Å². The van der Waals surface area contributed by atoms with Gasteiger partial charge in [-0.25, -0.2) is 0 Å². The maximum atomic E-state index is 11.1. The predicted octanol–water partition coefficient (Wildman–Crippen LogP) is 3.46. The van der Waals surface area contributed by atoms with Crippen LogP contribution < -0.4 is 4.74 Å². The Balaban J connectivity index is 0.00000180. The Morgan fingerprint density at radius 1 is 1.21 bits per heavy atom. The number of ether oxygens (including phenoxy) is 1. The molecule has 0 radical (unpaired) electrons. The summed E-state index contributed by atoms with van der Waals surface area (Å²) < 4.78 is 5.23. The number of hydrogen-bond donors (Lipinski definition) is 0. The molecule has 0 aliphatic carbocycles. The molecular weight excluding hydrogens is 306 g/mol. The van der Waals surface area contributed by atoms with E-state index in [0.29, 0.717) is 0 Å². The summed E-state index contributed by atoms with van der Waals surface area (Å²) in [7, 11) is 1.66. The Morgan fingerprint density at radius 2 is 1.89 bits per heavy atom. The molecule has 0 unspecified atom stereocenters. The SMILES string of the molecule is Br.COc1ccc(C=O)c(CN2CCCCCC2)c1. The van der Waals surface area contributed by atoms with E-state index < -0.39 is 0 Å². The monoisotopic (exact) mass is 327 g/mol. The van der Waals surface area contributed by atoms with Gasteiger partial charge in [0.2, 0.25) is 0 Å². The fourth-order valence-corrected chi connectivity index (χ4v) is 2.50. The third kappa shape index (κ3) is 4.62. The van der Waals surface area contributed by atoms with E-state index in [9.17, 15) is 4.79 Å². The van der Waals surface area contributed by atoms with Crippen molar-refractivity contribution in [1.82, 2.24) is 4.90 Å². The van der Waals surface area contributed by atoms with Crippen molar-refractivity contribution in [3.05, 3.63) is 29.3 Å². The molecule has 1 saturated heterocycles. The topological polar surface area (TPSA) is 29.5 Å². The zero-order valence-corrected chi connectivity index (χ0v) is 13.1. The first-order valence-electron chi connectivity index (χ1n) is 6.68. The number of carbonyl (C=O) groups excluding carboxylic acids is 1.